The van der Waals surface area contributed by atoms with Crippen LogP contribution >= 0.6 is 11.3 Å². The summed E-state index contributed by atoms with van der Waals surface area (Å²) in [6.07, 6.45) is 6.21. The van der Waals surface area contributed by atoms with Crippen LogP contribution in [0.3, 0.4) is 0 Å². The molecule has 0 spiro atoms. The molecule has 4 aromatic heterocycles. The maximum Gasteiger partial charge on any atom is 0.167 e. The van der Waals surface area contributed by atoms with Gasteiger partial charge in [-0.2, -0.15) is 0 Å². The molecule has 11 rings (SSSR count). The molecule has 4 heterocycles. The third-order valence-electron chi connectivity index (χ3n) is 11.0. The van der Waals surface area contributed by atoms with Crippen LogP contribution < -0.4 is 0 Å². The molecule has 274 valence electrons. The number of nitrogens with zero attached hydrogens (tertiary/aromatic N) is 4. The molecule has 58 heavy (non-hydrogen) atoms. The Balaban J connectivity index is 1.11. The molecule has 0 N–H and O–H groups in total. The van der Waals surface area contributed by atoms with E-state index in [1.54, 1.807) is 11.3 Å². The highest BCUT2D eigenvalue weighted by molar-refractivity contribution is 7.26. The van der Waals surface area contributed by atoms with Gasteiger partial charge in [-0.05, 0) is 72.7 Å². The van der Waals surface area contributed by atoms with Crippen LogP contribution in [-0.2, 0) is 0 Å². The molecular weight excluding hydrogens is 729 g/mol. The number of fused-ring (bicyclic) bond motifs is 7. The normalized spacial score (nSPS) is 11.9. The van der Waals surface area contributed by atoms with Crippen molar-refractivity contribution >= 4 is 76.5 Å². The fourth-order valence-electron chi connectivity index (χ4n) is 8.42. The number of furan rings is 1. The summed E-state index contributed by atoms with van der Waals surface area (Å²) in [7, 11) is 0. The van der Waals surface area contributed by atoms with Gasteiger partial charge in [-0.15, -0.1) is 11.3 Å². The second kappa shape index (κ2) is 13.7. The minimum atomic E-state index is 0.559. The maximum atomic E-state index is 6.82. The van der Waals surface area contributed by atoms with Gasteiger partial charge in [0.2, 0.25) is 0 Å². The lowest BCUT2D eigenvalue weighted by Gasteiger charge is -2.10. The largest absolute Gasteiger partial charge is 0.455 e. The van der Waals surface area contributed by atoms with E-state index in [2.05, 4.69) is 145 Å². The quantitative estimate of drug-likeness (QED) is 0.162. The average Bonchev–Trinajstić information content (AvgIpc) is 3.96. The summed E-state index contributed by atoms with van der Waals surface area (Å²) in [6, 6.07) is 54.8. The summed E-state index contributed by atoms with van der Waals surface area (Å²) >= 11 is 1.77. The molecule has 0 amide bonds. The van der Waals surface area contributed by atoms with Crippen LogP contribution in [0, 0.1) is 0 Å². The van der Waals surface area contributed by atoms with Gasteiger partial charge in [-0.3, -0.25) is 0 Å². The van der Waals surface area contributed by atoms with Crippen molar-refractivity contribution in [3.05, 3.63) is 182 Å². The maximum absolute atomic E-state index is 6.82. The van der Waals surface area contributed by atoms with E-state index >= 15 is 0 Å². The second-order valence-electron chi connectivity index (χ2n) is 14.3. The number of thiophene rings is 1. The highest BCUT2D eigenvalue weighted by Crippen LogP contribution is 2.43. The van der Waals surface area contributed by atoms with Crippen LogP contribution in [-0.4, -0.2) is 19.5 Å². The smallest absolute Gasteiger partial charge is 0.167 e. The Hall–Kier alpha value is -7.41. The first-order valence-electron chi connectivity index (χ1n) is 19.3. The summed E-state index contributed by atoms with van der Waals surface area (Å²) in [5.74, 6) is 1.79. The molecule has 11 aromatic rings. The van der Waals surface area contributed by atoms with E-state index in [4.69, 9.17) is 19.4 Å². The molecule has 5 nitrogen and oxygen atoms in total. The zero-order valence-corrected chi connectivity index (χ0v) is 32.4. The van der Waals surface area contributed by atoms with Crippen molar-refractivity contribution < 1.29 is 4.42 Å². The molecule has 6 heteroatoms. The number of hydrogen-bond acceptors (Lipinski definition) is 5. The fourth-order valence-corrected chi connectivity index (χ4v) is 9.63. The third kappa shape index (κ3) is 5.34. The van der Waals surface area contributed by atoms with Crippen molar-refractivity contribution in [1.29, 1.82) is 0 Å². The first-order chi connectivity index (χ1) is 28.7. The SMILES string of the molecule is C=Cc1c(/C=C\C)n(-c2ccccc2)c2ccc(-c3cccc4oc5c(-c6nc(-c7ccccc7)nc(-c7cccc8c7sc7ccccc78)n6)cccc5c34)cc12. The van der Waals surface area contributed by atoms with E-state index in [-0.39, 0.29) is 0 Å². The number of hydrogen-bond donors (Lipinski definition) is 0. The van der Waals surface area contributed by atoms with Crippen molar-refractivity contribution in [2.24, 2.45) is 0 Å². The van der Waals surface area contributed by atoms with Gasteiger partial charge in [0.15, 0.2) is 17.5 Å². The molecule has 0 unspecified atom stereocenters. The van der Waals surface area contributed by atoms with Gasteiger partial charge in [0, 0.05) is 58.7 Å². The molecule has 0 atom stereocenters. The Labute approximate surface area is 338 Å². The predicted molar refractivity (Wildman–Crippen MR) is 243 cm³/mol. The minimum absolute atomic E-state index is 0.559. The van der Waals surface area contributed by atoms with E-state index in [0.29, 0.717) is 17.5 Å². The molecule has 0 aliphatic carbocycles. The van der Waals surface area contributed by atoms with E-state index in [1.807, 2.05) is 48.5 Å². The Kier molecular flexibility index (Phi) is 7.98. The molecule has 7 aromatic carbocycles. The second-order valence-corrected chi connectivity index (χ2v) is 15.4. The van der Waals surface area contributed by atoms with Crippen molar-refractivity contribution in [3.8, 4) is 51.0 Å². The summed E-state index contributed by atoms with van der Waals surface area (Å²) in [4.78, 5) is 15.5. The van der Waals surface area contributed by atoms with Crippen LogP contribution in [0.4, 0.5) is 0 Å². The highest BCUT2D eigenvalue weighted by atomic mass is 32.1. The van der Waals surface area contributed by atoms with Crippen LogP contribution in [0.25, 0.3) is 116 Å². The molecule has 0 saturated heterocycles. The standard InChI is InChI=1S/C52H34N4OS/c1-3-16-43-35(4-2)42-31-33(29-30-44(42)56(43)34-19-9-6-10-20-34)36-22-15-27-45-47(36)39-24-14-25-40(48(39)57-45)51-53-50(32-17-7-5-8-18-32)54-52(55-51)41-26-13-23-38-37-21-11-12-28-46(37)58-49(38)41/h3-31H,2H2,1H3/b16-3-. The zero-order chi connectivity index (χ0) is 38.7. The van der Waals surface area contributed by atoms with E-state index < -0.39 is 0 Å². The van der Waals surface area contributed by atoms with Crippen LogP contribution in [0.15, 0.2) is 175 Å². The monoisotopic (exact) mass is 762 g/mol. The molecule has 0 saturated carbocycles. The highest BCUT2D eigenvalue weighted by Gasteiger charge is 2.22. The summed E-state index contributed by atoms with van der Waals surface area (Å²) in [6.45, 7) is 6.30. The van der Waals surface area contributed by atoms with Gasteiger partial charge in [0.1, 0.15) is 11.2 Å². The van der Waals surface area contributed by atoms with Gasteiger partial charge >= 0.3 is 0 Å². The minimum Gasteiger partial charge on any atom is -0.455 e. The van der Waals surface area contributed by atoms with Gasteiger partial charge in [0.25, 0.3) is 0 Å². The Bertz CT molecular complexity index is 3430. The number of rotatable bonds is 7. The predicted octanol–water partition coefficient (Wildman–Crippen LogP) is 14.4. The Morgan fingerprint density at radius 3 is 2.07 bits per heavy atom. The third-order valence-corrected chi connectivity index (χ3v) is 12.2. The topological polar surface area (TPSA) is 56.7 Å². The van der Waals surface area contributed by atoms with Gasteiger partial charge < -0.3 is 8.98 Å². The molecule has 0 aliphatic rings. The molecule has 0 aliphatic heterocycles. The number of allylic oxidation sites excluding steroid dienone is 1. The van der Waals surface area contributed by atoms with Gasteiger partial charge in [-0.25, -0.2) is 15.0 Å². The summed E-state index contributed by atoms with van der Waals surface area (Å²) in [5.41, 5.74) is 10.8. The first kappa shape index (κ1) is 33.9. The number of para-hydroxylation sites is 2. The molecular formula is C52H34N4OS. The van der Waals surface area contributed by atoms with Crippen molar-refractivity contribution in [2.75, 3.05) is 0 Å². The molecule has 0 fully saturated rings. The lowest BCUT2D eigenvalue weighted by atomic mass is 9.97. The van der Waals surface area contributed by atoms with E-state index in [9.17, 15) is 0 Å². The summed E-state index contributed by atoms with van der Waals surface area (Å²) in [5, 5.41) is 5.61. The first-order valence-corrected chi connectivity index (χ1v) is 20.2. The van der Waals surface area contributed by atoms with Crippen LogP contribution in [0.1, 0.15) is 18.2 Å². The van der Waals surface area contributed by atoms with Crippen molar-refractivity contribution in [1.82, 2.24) is 19.5 Å². The van der Waals surface area contributed by atoms with Crippen LogP contribution in [0.5, 0.6) is 0 Å². The van der Waals surface area contributed by atoms with Crippen molar-refractivity contribution in [3.63, 3.8) is 0 Å². The summed E-state index contributed by atoms with van der Waals surface area (Å²) < 4.78 is 11.5. The molecule has 0 bridgehead atoms. The van der Waals surface area contributed by atoms with Crippen molar-refractivity contribution in [2.45, 2.75) is 6.92 Å². The average molecular weight is 763 g/mol. The Morgan fingerprint density at radius 1 is 0.586 bits per heavy atom. The lowest BCUT2D eigenvalue weighted by Crippen LogP contribution is -2.00. The molecule has 0 radical (unpaired) electrons. The van der Waals surface area contributed by atoms with Gasteiger partial charge in [0.05, 0.1) is 16.8 Å². The number of aromatic nitrogens is 4. The van der Waals surface area contributed by atoms with E-state index in [1.165, 1.54) is 15.5 Å². The lowest BCUT2D eigenvalue weighted by molar-refractivity contribution is 0.669. The fraction of sp³-hybridized carbons (Fsp3) is 0.0192. The van der Waals surface area contributed by atoms with E-state index in [0.717, 1.165) is 82.3 Å². The van der Waals surface area contributed by atoms with Crippen LogP contribution in [0.2, 0.25) is 0 Å². The number of benzene rings is 7. The zero-order valence-electron chi connectivity index (χ0n) is 31.6. The van der Waals surface area contributed by atoms with Gasteiger partial charge in [-0.1, -0.05) is 128 Å². The Morgan fingerprint density at radius 2 is 1.26 bits per heavy atom.